The van der Waals surface area contributed by atoms with Gasteiger partial charge in [-0.1, -0.05) is 68.0 Å². The molecule has 0 spiro atoms. The van der Waals surface area contributed by atoms with E-state index in [4.69, 9.17) is 0 Å². The fraction of sp³-hybridized carbons (Fsp3) is 0.300. The van der Waals surface area contributed by atoms with Gasteiger partial charge in [0.25, 0.3) is 0 Å². The predicted molar refractivity (Wildman–Crippen MR) is 85.0 cm³/mol. The highest BCUT2D eigenvalue weighted by atomic mass is 14.3. The van der Waals surface area contributed by atoms with Crippen LogP contribution in [-0.2, 0) is 0 Å². The normalized spacial score (nSPS) is 23.9. The zero-order chi connectivity index (χ0) is 13.7. The molecule has 0 saturated carbocycles. The van der Waals surface area contributed by atoms with Crippen LogP contribution in [0, 0.1) is 0 Å². The second-order valence-electron chi connectivity index (χ2n) is 6.36. The molecule has 4 rings (SSSR count). The SMILES string of the molecule is CC1CC2=C(c3ccccc31)c1ccccc1C(C)C2. The molecule has 0 aromatic heterocycles. The zero-order valence-electron chi connectivity index (χ0n) is 12.2. The zero-order valence-corrected chi connectivity index (χ0v) is 12.2. The summed E-state index contributed by atoms with van der Waals surface area (Å²) in [6.07, 6.45) is 2.45. The van der Waals surface area contributed by atoms with Crippen molar-refractivity contribution in [2.75, 3.05) is 0 Å². The van der Waals surface area contributed by atoms with Gasteiger partial charge in [-0.25, -0.2) is 0 Å². The Hall–Kier alpha value is -1.82. The van der Waals surface area contributed by atoms with Gasteiger partial charge in [0, 0.05) is 0 Å². The van der Waals surface area contributed by atoms with Gasteiger partial charge in [0.15, 0.2) is 0 Å². The van der Waals surface area contributed by atoms with E-state index in [0.717, 1.165) is 0 Å². The van der Waals surface area contributed by atoms with Crippen LogP contribution >= 0.6 is 0 Å². The Kier molecular flexibility index (Phi) is 2.60. The van der Waals surface area contributed by atoms with Gasteiger partial charge in [0.2, 0.25) is 0 Å². The minimum atomic E-state index is 0.655. The summed E-state index contributed by atoms with van der Waals surface area (Å²) in [4.78, 5) is 0. The van der Waals surface area contributed by atoms with E-state index in [0.29, 0.717) is 11.8 Å². The van der Waals surface area contributed by atoms with Crippen molar-refractivity contribution in [2.45, 2.75) is 38.5 Å². The Bertz CT molecular complexity index is 646. The van der Waals surface area contributed by atoms with E-state index < -0.39 is 0 Å². The molecule has 0 saturated heterocycles. The summed E-state index contributed by atoms with van der Waals surface area (Å²) in [6, 6.07) is 18.0. The maximum atomic E-state index is 2.37. The third kappa shape index (κ3) is 1.61. The van der Waals surface area contributed by atoms with Crippen LogP contribution in [0.2, 0.25) is 0 Å². The average Bonchev–Trinajstić information content (AvgIpc) is 2.47. The molecule has 0 heteroatoms. The third-order valence-electron chi connectivity index (χ3n) is 4.98. The van der Waals surface area contributed by atoms with Gasteiger partial charge in [0.1, 0.15) is 0 Å². The number of fused-ring (bicyclic) bond motifs is 4. The summed E-state index contributed by atoms with van der Waals surface area (Å²) in [5.74, 6) is 1.31. The van der Waals surface area contributed by atoms with Gasteiger partial charge in [-0.3, -0.25) is 0 Å². The molecule has 20 heavy (non-hydrogen) atoms. The van der Waals surface area contributed by atoms with Crippen molar-refractivity contribution < 1.29 is 0 Å². The molecule has 0 nitrogen and oxygen atoms in total. The Morgan fingerprint density at radius 2 is 1.15 bits per heavy atom. The molecule has 2 aliphatic carbocycles. The third-order valence-corrected chi connectivity index (χ3v) is 4.98. The second-order valence-corrected chi connectivity index (χ2v) is 6.36. The van der Waals surface area contributed by atoms with Gasteiger partial charge in [-0.2, -0.15) is 0 Å². The quantitative estimate of drug-likeness (QED) is 0.586. The first-order chi connectivity index (χ1) is 9.75. The van der Waals surface area contributed by atoms with Crippen LogP contribution < -0.4 is 0 Å². The lowest BCUT2D eigenvalue weighted by Crippen LogP contribution is -2.16. The van der Waals surface area contributed by atoms with E-state index in [1.54, 1.807) is 5.57 Å². The molecule has 2 aromatic carbocycles. The second kappa shape index (κ2) is 4.34. The Labute approximate surface area is 121 Å². The molecule has 2 aromatic rings. The Balaban J connectivity index is 2.01. The van der Waals surface area contributed by atoms with E-state index in [-0.39, 0.29) is 0 Å². The molecule has 0 aliphatic heterocycles. The van der Waals surface area contributed by atoms with Gasteiger partial charge in [-0.15, -0.1) is 0 Å². The maximum Gasteiger partial charge on any atom is -0.0113 e. The summed E-state index contributed by atoms with van der Waals surface area (Å²) in [5, 5.41) is 0. The van der Waals surface area contributed by atoms with Crippen LogP contribution in [0.25, 0.3) is 5.57 Å². The molecular weight excluding hydrogens is 240 g/mol. The van der Waals surface area contributed by atoms with Crippen LogP contribution in [0.3, 0.4) is 0 Å². The minimum Gasteiger partial charge on any atom is -0.0619 e. The predicted octanol–water partition coefficient (Wildman–Crippen LogP) is 5.50. The van der Waals surface area contributed by atoms with Gasteiger partial charge >= 0.3 is 0 Å². The summed E-state index contributed by atoms with van der Waals surface area (Å²) < 4.78 is 0. The number of rotatable bonds is 0. The first-order valence-corrected chi connectivity index (χ1v) is 7.66. The molecular formula is C20H20. The Morgan fingerprint density at radius 1 is 0.700 bits per heavy atom. The molecule has 100 valence electrons. The van der Waals surface area contributed by atoms with Gasteiger partial charge in [0.05, 0.1) is 0 Å². The van der Waals surface area contributed by atoms with Crippen molar-refractivity contribution in [3.8, 4) is 0 Å². The summed E-state index contributed by atoms with van der Waals surface area (Å²) in [6.45, 7) is 4.74. The fourth-order valence-electron chi connectivity index (χ4n) is 4.08. The molecule has 2 aliphatic rings. The molecule has 2 atom stereocenters. The van der Waals surface area contributed by atoms with Gasteiger partial charge < -0.3 is 0 Å². The first kappa shape index (κ1) is 12.0. The minimum absolute atomic E-state index is 0.655. The highest BCUT2D eigenvalue weighted by Gasteiger charge is 2.30. The molecule has 0 radical (unpaired) electrons. The molecule has 0 heterocycles. The highest BCUT2D eigenvalue weighted by Crippen LogP contribution is 2.49. The lowest BCUT2D eigenvalue weighted by Gasteiger charge is -2.35. The first-order valence-electron chi connectivity index (χ1n) is 7.66. The lowest BCUT2D eigenvalue weighted by molar-refractivity contribution is 0.650. The van der Waals surface area contributed by atoms with Crippen LogP contribution in [0.15, 0.2) is 54.1 Å². The van der Waals surface area contributed by atoms with Crippen LogP contribution in [-0.4, -0.2) is 0 Å². The average molecular weight is 260 g/mol. The van der Waals surface area contributed by atoms with Crippen molar-refractivity contribution in [3.63, 3.8) is 0 Å². The van der Waals surface area contributed by atoms with Crippen molar-refractivity contribution in [1.29, 1.82) is 0 Å². The molecule has 0 amide bonds. The highest BCUT2D eigenvalue weighted by molar-refractivity contribution is 5.88. The number of allylic oxidation sites excluding steroid dienone is 1. The largest absolute Gasteiger partial charge is 0.0619 e. The molecule has 0 fully saturated rings. The van der Waals surface area contributed by atoms with Crippen molar-refractivity contribution >= 4 is 5.57 Å². The van der Waals surface area contributed by atoms with E-state index >= 15 is 0 Å². The van der Waals surface area contributed by atoms with Crippen LogP contribution in [0.1, 0.15) is 60.8 Å². The fourth-order valence-corrected chi connectivity index (χ4v) is 4.08. The van der Waals surface area contributed by atoms with Crippen LogP contribution in [0.5, 0.6) is 0 Å². The number of hydrogen-bond donors (Lipinski definition) is 0. The van der Waals surface area contributed by atoms with E-state index in [9.17, 15) is 0 Å². The lowest BCUT2D eigenvalue weighted by atomic mass is 9.69. The molecule has 0 N–H and O–H groups in total. The number of hydrogen-bond acceptors (Lipinski definition) is 0. The Morgan fingerprint density at radius 3 is 1.65 bits per heavy atom. The summed E-state index contributed by atoms with van der Waals surface area (Å²) >= 11 is 0. The van der Waals surface area contributed by atoms with Crippen molar-refractivity contribution in [2.24, 2.45) is 0 Å². The number of benzene rings is 2. The molecule has 0 bridgehead atoms. The van der Waals surface area contributed by atoms with E-state index in [1.165, 1.54) is 40.7 Å². The van der Waals surface area contributed by atoms with Crippen LogP contribution in [0.4, 0.5) is 0 Å². The topological polar surface area (TPSA) is 0 Å². The smallest absolute Gasteiger partial charge is 0.0113 e. The standard InChI is InChI=1S/C20H20/c1-13-11-15-12-14(2)17-8-4-6-10-19(17)20(15)18-9-5-3-7-16(13)18/h3-10,13-14H,11-12H2,1-2H3. The monoisotopic (exact) mass is 260 g/mol. The van der Waals surface area contributed by atoms with Crippen molar-refractivity contribution in [3.05, 3.63) is 76.4 Å². The summed E-state index contributed by atoms with van der Waals surface area (Å²) in [7, 11) is 0. The van der Waals surface area contributed by atoms with E-state index in [2.05, 4.69) is 62.4 Å². The van der Waals surface area contributed by atoms with Gasteiger partial charge in [-0.05, 0) is 52.5 Å². The van der Waals surface area contributed by atoms with Crippen molar-refractivity contribution in [1.82, 2.24) is 0 Å². The summed E-state index contributed by atoms with van der Waals surface area (Å²) in [5.41, 5.74) is 9.20. The molecule has 2 unspecified atom stereocenters. The maximum absolute atomic E-state index is 2.37. The van der Waals surface area contributed by atoms with E-state index in [1.807, 2.05) is 0 Å².